The topological polar surface area (TPSA) is 80.8 Å². The van der Waals surface area contributed by atoms with Gasteiger partial charge in [0, 0.05) is 21.8 Å². The Bertz CT molecular complexity index is 900. The summed E-state index contributed by atoms with van der Waals surface area (Å²) in [5.74, 6) is -1.52. The minimum absolute atomic E-state index is 0.000670. The number of esters is 1. The van der Waals surface area contributed by atoms with Crippen molar-refractivity contribution < 1.29 is 23.9 Å². The van der Waals surface area contributed by atoms with Gasteiger partial charge in [-0.2, -0.15) is 0 Å². The van der Waals surface area contributed by atoms with Crippen LogP contribution in [0.1, 0.15) is 34.3 Å². The van der Waals surface area contributed by atoms with Gasteiger partial charge in [-0.3, -0.25) is 24.1 Å². The number of carbonyl (C=O) groups excluding carboxylic acids is 4. The molecule has 3 fully saturated rings. The van der Waals surface area contributed by atoms with Crippen LogP contribution >= 0.6 is 31.9 Å². The third-order valence-electron chi connectivity index (χ3n) is 6.81. The van der Waals surface area contributed by atoms with E-state index in [1.807, 2.05) is 19.9 Å². The molecule has 0 aromatic heterocycles. The molecule has 4 rings (SSSR count). The highest BCUT2D eigenvalue weighted by Gasteiger charge is 2.66. The fourth-order valence-electron chi connectivity index (χ4n) is 5.05. The lowest BCUT2D eigenvalue weighted by Crippen LogP contribution is -2.37. The van der Waals surface area contributed by atoms with Crippen LogP contribution in [-0.4, -0.2) is 51.3 Å². The minimum Gasteiger partial charge on any atom is -0.457 e. The van der Waals surface area contributed by atoms with Gasteiger partial charge in [0.25, 0.3) is 0 Å². The van der Waals surface area contributed by atoms with Gasteiger partial charge in [-0.15, -0.1) is 0 Å². The number of ether oxygens (including phenoxy) is 1. The number of ketones is 1. The van der Waals surface area contributed by atoms with Crippen molar-refractivity contribution in [3.63, 3.8) is 0 Å². The Hall–Kier alpha value is -1.54. The molecule has 2 amide bonds. The van der Waals surface area contributed by atoms with E-state index in [1.54, 1.807) is 12.1 Å². The first-order valence-electron chi connectivity index (χ1n) is 10.1. The number of amides is 2. The fourth-order valence-corrected chi connectivity index (χ4v) is 6.92. The van der Waals surface area contributed by atoms with Crippen LogP contribution in [0.4, 0.5) is 0 Å². The third kappa shape index (κ3) is 3.55. The quantitative estimate of drug-likeness (QED) is 0.239. The van der Waals surface area contributed by atoms with Crippen LogP contribution in [0.25, 0.3) is 0 Å². The van der Waals surface area contributed by atoms with Crippen molar-refractivity contribution in [3.05, 3.63) is 34.9 Å². The van der Waals surface area contributed by atoms with Crippen LogP contribution in [-0.2, 0) is 19.1 Å². The SMILES string of the molecule is Cc1ccc(C(=O)COC(=O)CCN2C(=O)[C@@H]3[C@H]4C[C@@H]([C@H](Br)[C@H]4Br)[C@@H]3C2=O)cc1C. The highest BCUT2D eigenvalue weighted by atomic mass is 79.9. The second-order valence-corrected chi connectivity index (χ2v) is 10.6. The number of carbonyl (C=O) groups is 4. The number of nitrogens with zero attached hydrogens (tertiary/aromatic N) is 1. The van der Waals surface area contributed by atoms with Gasteiger partial charge in [-0.05, 0) is 49.3 Å². The van der Waals surface area contributed by atoms with E-state index < -0.39 is 5.97 Å². The summed E-state index contributed by atoms with van der Waals surface area (Å²) < 4.78 is 5.09. The first kappa shape index (κ1) is 21.7. The number of halogens is 2. The summed E-state index contributed by atoms with van der Waals surface area (Å²) in [6.45, 7) is 3.52. The van der Waals surface area contributed by atoms with Crippen LogP contribution in [0, 0.1) is 37.5 Å². The van der Waals surface area contributed by atoms with Crippen molar-refractivity contribution in [2.75, 3.05) is 13.2 Å². The zero-order valence-electron chi connectivity index (χ0n) is 16.8. The van der Waals surface area contributed by atoms with Crippen molar-refractivity contribution in [2.45, 2.75) is 36.3 Å². The molecule has 6 nitrogen and oxygen atoms in total. The van der Waals surface area contributed by atoms with Gasteiger partial charge in [0.05, 0.1) is 18.3 Å². The standard InChI is InChI=1S/C22H23Br2NO5/c1-10-3-4-12(7-11(10)2)15(26)9-30-16(27)5-6-25-21(28)17-13-8-14(18(17)22(25)29)20(24)19(13)23/h3-4,7,13-14,17-20H,5-6,8-9H2,1-2H3/t13-,14-,17-,18+,19+,20+/m1/s1. The molecule has 1 aromatic carbocycles. The summed E-state index contributed by atoms with van der Waals surface area (Å²) in [4.78, 5) is 51.6. The maximum atomic E-state index is 12.8. The normalized spacial score (nSPS) is 31.9. The maximum Gasteiger partial charge on any atom is 0.308 e. The molecule has 30 heavy (non-hydrogen) atoms. The molecule has 0 radical (unpaired) electrons. The van der Waals surface area contributed by atoms with Gasteiger partial charge in [-0.1, -0.05) is 44.0 Å². The van der Waals surface area contributed by atoms with Gasteiger partial charge < -0.3 is 4.74 Å². The Kier molecular flexibility index (Phi) is 5.92. The molecule has 0 spiro atoms. The average Bonchev–Trinajstić information content (AvgIpc) is 3.32. The molecule has 2 aliphatic carbocycles. The molecule has 3 aliphatic rings. The first-order valence-corrected chi connectivity index (χ1v) is 11.9. The Balaban J connectivity index is 1.30. The van der Waals surface area contributed by atoms with Crippen molar-refractivity contribution in [1.29, 1.82) is 0 Å². The Morgan fingerprint density at radius 2 is 1.63 bits per heavy atom. The molecule has 2 saturated carbocycles. The number of fused-ring (bicyclic) bond motifs is 5. The van der Waals surface area contributed by atoms with Crippen LogP contribution in [0.3, 0.4) is 0 Å². The predicted octanol–water partition coefficient (Wildman–Crippen LogP) is 3.20. The zero-order chi connectivity index (χ0) is 21.7. The number of aryl methyl sites for hydroxylation is 2. The number of likely N-dealkylation sites (tertiary alicyclic amines) is 1. The number of imide groups is 1. The molecule has 8 heteroatoms. The molecule has 6 atom stereocenters. The first-order chi connectivity index (χ1) is 14.2. The van der Waals surface area contributed by atoms with Gasteiger partial charge in [0.15, 0.2) is 12.4 Å². The van der Waals surface area contributed by atoms with Gasteiger partial charge in [0.1, 0.15) is 0 Å². The molecule has 1 aromatic rings. The van der Waals surface area contributed by atoms with Crippen LogP contribution < -0.4 is 0 Å². The van der Waals surface area contributed by atoms with Crippen LogP contribution in [0.2, 0.25) is 0 Å². The Labute approximate surface area is 192 Å². The lowest BCUT2D eigenvalue weighted by atomic mass is 9.81. The van der Waals surface area contributed by atoms with E-state index in [-0.39, 0.29) is 70.5 Å². The summed E-state index contributed by atoms with van der Waals surface area (Å²) in [6.07, 6.45) is 0.761. The Morgan fingerprint density at radius 1 is 1.03 bits per heavy atom. The number of Topliss-reactive ketones (excluding diaryl/α,β-unsaturated/α-hetero) is 1. The molecular formula is C22H23Br2NO5. The van der Waals surface area contributed by atoms with Crippen molar-refractivity contribution in [1.82, 2.24) is 4.90 Å². The molecule has 1 heterocycles. The number of hydrogen-bond acceptors (Lipinski definition) is 5. The summed E-state index contributed by atoms with van der Waals surface area (Å²) in [5, 5.41) is 0. The maximum absolute atomic E-state index is 12.8. The van der Waals surface area contributed by atoms with E-state index in [0.717, 1.165) is 17.5 Å². The number of benzene rings is 1. The van der Waals surface area contributed by atoms with Gasteiger partial charge in [0.2, 0.25) is 11.8 Å². The minimum atomic E-state index is -0.593. The zero-order valence-corrected chi connectivity index (χ0v) is 19.9. The lowest BCUT2D eigenvalue weighted by molar-refractivity contribution is -0.145. The summed E-state index contributed by atoms with van der Waals surface area (Å²) >= 11 is 7.31. The van der Waals surface area contributed by atoms with E-state index in [9.17, 15) is 19.2 Å². The largest absolute Gasteiger partial charge is 0.457 e. The number of rotatable bonds is 6. The summed E-state index contributed by atoms with van der Waals surface area (Å²) in [7, 11) is 0. The molecule has 0 unspecified atom stereocenters. The van der Waals surface area contributed by atoms with Crippen LogP contribution in [0.15, 0.2) is 18.2 Å². The fraction of sp³-hybridized carbons (Fsp3) is 0.545. The van der Waals surface area contributed by atoms with Crippen molar-refractivity contribution >= 4 is 55.4 Å². The highest BCUT2D eigenvalue weighted by molar-refractivity contribution is 9.12. The molecule has 0 N–H and O–H groups in total. The number of hydrogen-bond donors (Lipinski definition) is 0. The van der Waals surface area contributed by atoms with E-state index in [2.05, 4.69) is 31.9 Å². The predicted molar refractivity (Wildman–Crippen MR) is 117 cm³/mol. The van der Waals surface area contributed by atoms with Crippen molar-refractivity contribution in [2.24, 2.45) is 23.7 Å². The average molecular weight is 541 g/mol. The molecule has 2 bridgehead atoms. The van der Waals surface area contributed by atoms with E-state index in [0.29, 0.717) is 5.56 Å². The van der Waals surface area contributed by atoms with Gasteiger partial charge >= 0.3 is 5.97 Å². The van der Waals surface area contributed by atoms with E-state index in [1.165, 1.54) is 4.90 Å². The second-order valence-electron chi connectivity index (χ2n) is 8.46. The number of alkyl halides is 2. The molecule has 1 saturated heterocycles. The summed E-state index contributed by atoms with van der Waals surface area (Å²) in [6, 6.07) is 5.34. The van der Waals surface area contributed by atoms with Crippen molar-refractivity contribution in [3.8, 4) is 0 Å². The molecule has 1 aliphatic heterocycles. The van der Waals surface area contributed by atoms with E-state index in [4.69, 9.17) is 4.74 Å². The third-order valence-corrected chi connectivity index (χ3v) is 10.0. The van der Waals surface area contributed by atoms with E-state index >= 15 is 0 Å². The lowest BCUT2D eigenvalue weighted by Gasteiger charge is -2.28. The summed E-state index contributed by atoms with van der Waals surface area (Å²) in [5.41, 5.74) is 2.57. The Morgan fingerprint density at radius 3 is 2.20 bits per heavy atom. The second kappa shape index (κ2) is 8.19. The molecular weight excluding hydrogens is 518 g/mol. The van der Waals surface area contributed by atoms with Gasteiger partial charge in [-0.25, -0.2) is 0 Å². The van der Waals surface area contributed by atoms with Crippen LogP contribution in [0.5, 0.6) is 0 Å². The molecule has 160 valence electrons. The highest BCUT2D eigenvalue weighted by Crippen LogP contribution is 2.60. The monoisotopic (exact) mass is 539 g/mol. The smallest absolute Gasteiger partial charge is 0.308 e.